The van der Waals surface area contributed by atoms with E-state index in [1.54, 1.807) is 30.0 Å². The van der Waals surface area contributed by atoms with Crippen molar-refractivity contribution < 1.29 is 19.4 Å². The summed E-state index contributed by atoms with van der Waals surface area (Å²) in [4.78, 5) is 18.7. The van der Waals surface area contributed by atoms with E-state index in [-0.39, 0.29) is 11.5 Å². The minimum Gasteiger partial charge on any atom is -0.478 e. The molecule has 8 heteroatoms. The lowest BCUT2D eigenvalue weighted by atomic mass is 10.1. The third-order valence-corrected chi connectivity index (χ3v) is 4.65. The molecule has 1 atom stereocenters. The summed E-state index contributed by atoms with van der Waals surface area (Å²) < 4.78 is 12.2. The number of rotatable bonds is 8. The number of benzene rings is 1. The molecule has 1 unspecified atom stereocenters. The van der Waals surface area contributed by atoms with Crippen molar-refractivity contribution in [3.8, 4) is 5.69 Å². The Morgan fingerprint density at radius 1 is 1.33 bits per heavy atom. The van der Waals surface area contributed by atoms with Gasteiger partial charge in [-0.1, -0.05) is 19.1 Å². The molecular weight excluding hydrogens is 348 g/mol. The highest BCUT2D eigenvalue weighted by molar-refractivity contribution is 5.91. The van der Waals surface area contributed by atoms with Crippen LogP contribution in [0, 0.1) is 0 Å². The molecular formula is C19H26N4O4. The predicted octanol–water partition coefficient (Wildman–Crippen LogP) is 1.59. The van der Waals surface area contributed by atoms with Crippen molar-refractivity contribution >= 4 is 5.97 Å². The Bertz CT molecular complexity index is 771. The molecule has 0 bridgehead atoms. The van der Waals surface area contributed by atoms with Crippen LogP contribution in [0.25, 0.3) is 5.69 Å². The van der Waals surface area contributed by atoms with Crippen LogP contribution in [-0.2, 0) is 15.9 Å². The fourth-order valence-electron chi connectivity index (χ4n) is 3.26. The molecule has 3 rings (SSSR count). The van der Waals surface area contributed by atoms with Gasteiger partial charge in [0, 0.05) is 39.1 Å². The number of carboxylic acids is 1. The van der Waals surface area contributed by atoms with Crippen molar-refractivity contribution in [2.45, 2.75) is 19.3 Å². The van der Waals surface area contributed by atoms with Crippen LogP contribution in [0.5, 0.6) is 0 Å². The van der Waals surface area contributed by atoms with Crippen LogP contribution in [0.4, 0.5) is 0 Å². The van der Waals surface area contributed by atoms with Gasteiger partial charge in [-0.3, -0.25) is 4.90 Å². The summed E-state index contributed by atoms with van der Waals surface area (Å²) >= 11 is 0. The number of carbonyl (C=O) groups is 1. The minimum atomic E-state index is -0.980. The van der Waals surface area contributed by atoms with E-state index in [4.69, 9.17) is 14.5 Å². The first-order valence-electron chi connectivity index (χ1n) is 9.17. The van der Waals surface area contributed by atoms with E-state index < -0.39 is 5.97 Å². The summed E-state index contributed by atoms with van der Waals surface area (Å²) in [6, 6.07) is 6.88. The van der Waals surface area contributed by atoms with E-state index in [0.717, 1.165) is 38.7 Å². The highest BCUT2D eigenvalue weighted by Gasteiger charge is 2.23. The van der Waals surface area contributed by atoms with E-state index in [2.05, 4.69) is 16.9 Å². The zero-order chi connectivity index (χ0) is 19.2. The molecule has 27 heavy (non-hydrogen) atoms. The van der Waals surface area contributed by atoms with Crippen molar-refractivity contribution in [1.29, 1.82) is 0 Å². The largest absolute Gasteiger partial charge is 0.478 e. The van der Waals surface area contributed by atoms with Crippen molar-refractivity contribution in [3.63, 3.8) is 0 Å². The summed E-state index contributed by atoms with van der Waals surface area (Å²) in [5, 5.41) is 14.2. The molecule has 8 nitrogen and oxygen atoms in total. The van der Waals surface area contributed by atoms with Gasteiger partial charge in [0.1, 0.15) is 5.82 Å². The molecule has 1 aromatic heterocycles. The summed E-state index contributed by atoms with van der Waals surface area (Å²) in [6.07, 6.45) is 0.579. The van der Waals surface area contributed by atoms with Crippen molar-refractivity contribution in [2.75, 3.05) is 46.6 Å². The summed E-state index contributed by atoms with van der Waals surface area (Å²) in [7, 11) is 1.64. The molecule has 146 valence electrons. The van der Waals surface area contributed by atoms with Gasteiger partial charge >= 0.3 is 5.97 Å². The molecule has 1 saturated heterocycles. The summed E-state index contributed by atoms with van der Waals surface area (Å²) in [5.41, 5.74) is 0.741. The molecule has 2 aromatic rings. The molecule has 0 spiro atoms. The van der Waals surface area contributed by atoms with E-state index in [0.29, 0.717) is 24.5 Å². The zero-order valence-corrected chi connectivity index (χ0v) is 15.8. The predicted molar refractivity (Wildman–Crippen MR) is 99.6 cm³/mol. The average molecular weight is 374 g/mol. The quantitative estimate of drug-likeness (QED) is 0.750. The van der Waals surface area contributed by atoms with Gasteiger partial charge < -0.3 is 14.6 Å². The SMILES string of the molecule is COCCc1nc(C(C)CN2CCOCC2)n(-c2ccccc2C(=O)O)n1. The third-order valence-electron chi connectivity index (χ3n) is 4.65. The number of para-hydroxylation sites is 1. The number of carboxylic acid groups (broad SMARTS) is 1. The van der Waals surface area contributed by atoms with Gasteiger partial charge in [0.25, 0.3) is 0 Å². The maximum atomic E-state index is 11.7. The van der Waals surface area contributed by atoms with Crippen LogP contribution >= 0.6 is 0 Å². The first-order valence-corrected chi connectivity index (χ1v) is 9.17. The van der Waals surface area contributed by atoms with Crippen LogP contribution in [-0.4, -0.2) is 77.3 Å². The number of hydrogen-bond donors (Lipinski definition) is 1. The second-order valence-corrected chi connectivity index (χ2v) is 6.68. The number of ether oxygens (including phenoxy) is 2. The maximum absolute atomic E-state index is 11.7. The summed E-state index contributed by atoms with van der Waals surface area (Å²) in [6.45, 7) is 6.69. The topological polar surface area (TPSA) is 89.7 Å². The Morgan fingerprint density at radius 2 is 2.07 bits per heavy atom. The number of morpholine rings is 1. The van der Waals surface area contributed by atoms with E-state index >= 15 is 0 Å². The first kappa shape index (κ1) is 19.5. The fraction of sp³-hybridized carbons (Fsp3) is 0.526. The van der Waals surface area contributed by atoms with Crippen LogP contribution in [0.15, 0.2) is 24.3 Å². The average Bonchev–Trinajstić information content (AvgIpc) is 3.11. The molecule has 0 amide bonds. The molecule has 1 N–H and O–H groups in total. The fourth-order valence-corrected chi connectivity index (χ4v) is 3.26. The second-order valence-electron chi connectivity index (χ2n) is 6.68. The lowest BCUT2D eigenvalue weighted by Gasteiger charge is -2.28. The van der Waals surface area contributed by atoms with Crippen molar-refractivity contribution in [2.24, 2.45) is 0 Å². The lowest BCUT2D eigenvalue weighted by molar-refractivity contribution is 0.0353. The molecule has 1 aromatic carbocycles. The monoisotopic (exact) mass is 374 g/mol. The van der Waals surface area contributed by atoms with E-state index in [1.165, 1.54) is 0 Å². The normalized spacial score (nSPS) is 16.4. The van der Waals surface area contributed by atoms with Gasteiger partial charge in [0.05, 0.1) is 31.1 Å². The molecule has 2 heterocycles. The smallest absolute Gasteiger partial charge is 0.337 e. The van der Waals surface area contributed by atoms with Gasteiger partial charge in [-0.15, -0.1) is 0 Å². The van der Waals surface area contributed by atoms with Gasteiger partial charge in [0.2, 0.25) is 0 Å². The van der Waals surface area contributed by atoms with Crippen LogP contribution in [0.2, 0.25) is 0 Å². The number of aromatic nitrogens is 3. The Hall–Kier alpha value is -2.29. The maximum Gasteiger partial charge on any atom is 0.337 e. The minimum absolute atomic E-state index is 0.0914. The first-order chi connectivity index (χ1) is 13.1. The van der Waals surface area contributed by atoms with E-state index in [1.807, 2.05) is 6.07 Å². The number of nitrogens with zero attached hydrogens (tertiary/aromatic N) is 4. The number of methoxy groups -OCH3 is 1. The number of aromatic carboxylic acids is 1. The molecule has 1 fully saturated rings. The van der Waals surface area contributed by atoms with E-state index in [9.17, 15) is 9.90 Å². The Morgan fingerprint density at radius 3 is 2.78 bits per heavy atom. The molecule has 0 radical (unpaired) electrons. The third kappa shape index (κ3) is 4.71. The van der Waals surface area contributed by atoms with Crippen LogP contribution in [0.1, 0.15) is 34.8 Å². The standard InChI is InChI=1S/C19H26N4O4/c1-14(13-22-8-11-27-12-9-22)18-20-17(7-10-26-2)21-23(18)16-6-4-3-5-15(16)19(24)25/h3-6,14H,7-13H2,1-2H3,(H,24,25). The highest BCUT2D eigenvalue weighted by Crippen LogP contribution is 2.22. The van der Waals surface area contributed by atoms with Gasteiger partial charge in [-0.05, 0) is 12.1 Å². The summed E-state index contributed by atoms with van der Waals surface area (Å²) in [5.74, 6) is 0.530. The number of hydrogen-bond acceptors (Lipinski definition) is 6. The Labute approximate surface area is 158 Å². The highest BCUT2D eigenvalue weighted by atomic mass is 16.5. The molecule has 1 aliphatic rings. The van der Waals surface area contributed by atoms with Crippen LogP contribution < -0.4 is 0 Å². The Balaban J connectivity index is 1.94. The van der Waals surface area contributed by atoms with Crippen molar-refractivity contribution in [1.82, 2.24) is 19.7 Å². The van der Waals surface area contributed by atoms with Crippen LogP contribution in [0.3, 0.4) is 0 Å². The van der Waals surface area contributed by atoms with Gasteiger partial charge in [-0.2, -0.15) is 5.10 Å². The van der Waals surface area contributed by atoms with Gasteiger partial charge in [-0.25, -0.2) is 14.5 Å². The zero-order valence-electron chi connectivity index (χ0n) is 15.8. The molecule has 1 aliphatic heterocycles. The lowest BCUT2D eigenvalue weighted by Crippen LogP contribution is -2.38. The van der Waals surface area contributed by atoms with Gasteiger partial charge in [0.15, 0.2) is 5.82 Å². The second kappa shape index (κ2) is 9.07. The molecule has 0 aliphatic carbocycles. The van der Waals surface area contributed by atoms with Crippen molar-refractivity contribution in [3.05, 3.63) is 41.5 Å². The Kier molecular flexibility index (Phi) is 6.54. The molecule has 0 saturated carbocycles.